The number of aromatic nitrogens is 2. The molecule has 1 atom stereocenters. The number of aliphatic carboxylic acids is 1. The van der Waals surface area contributed by atoms with Crippen molar-refractivity contribution in [2.24, 2.45) is 4.99 Å². The summed E-state index contributed by atoms with van der Waals surface area (Å²) in [6.45, 7) is 0. The van der Waals surface area contributed by atoms with Crippen LogP contribution in [0.25, 0.3) is 0 Å². The first-order valence-corrected chi connectivity index (χ1v) is 7.01. The second-order valence-electron chi connectivity index (χ2n) is 5.07. The monoisotopic (exact) mass is 299 g/mol. The first-order valence-electron chi connectivity index (χ1n) is 7.01. The molecule has 2 aromatic rings. The molecular formula is C15H17N5O2. The number of nitrogens with zero attached hydrogens (tertiary/aromatic N) is 4. The van der Waals surface area contributed by atoms with Crippen LogP contribution in [0.4, 0.5) is 11.5 Å². The van der Waals surface area contributed by atoms with E-state index in [9.17, 15) is 4.79 Å². The van der Waals surface area contributed by atoms with Crippen molar-refractivity contribution in [1.29, 1.82) is 0 Å². The van der Waals surface area contributed by atoms with Crippen LogP contribution < -0.4 is 10.2 Å². The number of carbonyl (C=O) groups is 1. The fourth-order valence-electron chi connectivity index (χ4n) is 2.45. The maximum absolute atomic E-state index is 10.7. The normalized spacial score (nSPS) is 16.0. The lowest BCUT2D eigenvalue weighted by atomic mass is 10.2. The molecule has 22 heavy (non-hydrogen) atoms. The lowest BCUT2D eigenvalue weighted by molar-refractivity contribution is -0.136. The molecule has 0 saturated heterocycles. The SMILES string of the molecule is CN(c1ccccc1)C1N=CNc2c(CCC(=O)O)cnn21. The Morgan fingerprint density at radius 3 is 2.91 bits per heavy atom. The topological polar surface area (TPSA) is 82.8 Å². The van der Waals surface area contributed by atoms with Crippen LogP contribution in [0.2, 0.25) is 0 Å². The molecule has 0 bridgehead atoms. The minimum Gasteiger partial charge on any atom is -0.481 e. The molecule has 0 radical (unpaired) electrons. The molecule has 0 amide bonds. The number of fused-ring (bicyclic) bond motifs is 1. The highest BCUT2D eigenvalue weighted by Crippen LogP contribution is 2.29. The third kappa shape index (κ3) is 2.65. The van der Waals surface area contributed by atoms with Crippen LogP contribution in [0.3, 0.4) is 0 Å². The Bertz CT molecular complexity index is 695. The summed E-state index contributed by atoms with van der Waals surface area (Å²) in [6.07, 6.45) is 3.55. The summed E-state index contributed by atoms with van der Waals surface area (Å²) < 4.78 is 1.77. The standard InChI is InChI=1S/C15H17N5O2/c1-19(12-5-3-2-4-6-12)15-17-10-16-14-11(7-8-13(21)22)9-18-20(14)15/h2-6,9-10,15H,7-8H2,1H3,(H,16,17)(H,21,22). The largest absolute Gasteiger partial charge is 0.481 e. The Balaban J connectivity index is 1.86. The van der Waals surface area contributed by atoms with Gasteiger partial charge in [0.25, 0.3) is 0 Å². The number of hydrogen-bond acceptors (Lipinski definition) is 5. The van der Waals surface area contributed by atoms with Gasteiger partial charge < -0.3 is 15.3 Å². The number of hydrogen-bond donors (Lipinski definition) is 2. The van der Waals surface area contributed by atoms with Crippen molar-refractivity contribution < 1.29 is 9.90 Å². The van der Waals surface area contributed by atoms with Gasteiger partial charge in [-0.05, 0) is 18.6 Å². The van der Waals surface area contributed by atoms with Crippen molar-refractivity contribution in [3.63, 3.8) is 0 Å². The van der Waals surface area contributed by atoms with Crippen LogP contribution in [-0.2, 0) is 11.2 Å². The molecule has 2 N–H and O–H groups in total. The fourth-order valence-corrected chi connectivity index (χ4v) is 2.45. The molecule has 1 unspecified atom stereocenters. The van der Waals surface area contributed by atoms with Gasteiger partial charge in [-0.2, -0.15) is 5.10 Å². The maximum Gasteiger partial charge on any atom is 0.303 e. The smallest absolute Gasteiger partial charge is 0.303 e. The molecule has 3 rings (SSSR count). The number of carboxylic acids is 1. The number of para-hydroxylation sites is 1. The van der Waals surface area contributed by atoms with E-state index in [0.29, 0.717) is 6.42 Å². The molecule has 1 aliphatic heterocycles. The van der Waals surface area contributed by atoms with Crippen molar-refractivity contribution in [3.05, 3.63) is 42.1 Å². The van der Waals surface area contributed by atoms with Gasteiger partial charge in [0.15, 0.2) is 0 Å². The molecule has 1 aromatic carbocycles. The molecular weight excluding hydrogens is 282 g/mol. The summed E-state index contributed by atoms with van der Waals surface area (Å²) in [5, 5.41) is 16.3. The number of carboxylic acid groups (broad SMARTS) is 1. The molecule has 0 spiro atoms. The maximum atomic E-state index is 10.7. The predicted octanol–water partition coefficient (Wildman–Crippen LogP) is 1.95. The lowest BCUT2D eigenvalue weighted by Gasteiger charge is -2.30. The Labute approximate surface area is 127 Å². The highest BCUT2D eigenvalue weighted by molar-refractivity contribution is 5.77. The minimum absolute atomic E-state index is 0.0801. The Morgan fingerprint density at radius 2 is 2.18 bits per heavy atom. The zero-order valence-electron chi connectivity index (χ0n) is 12.2. The molecule has 0 saturated carbocycles. The van der Waals surface area contributed by atoms with Crippen molar-refractivity contribution in [2.75, 3.05) is 17.3 Å². The van der Waals surface area contributed by atoms with Crippen molar-refractivity contribution in [3.8, 4) is 0 Å². The van der Waals surface area contributed by atoms with Gasteiger partial charge in [-0.15, -0.1) is 0 Å². The zero-order chi connectivity index (χ0) is 15.5. The van der Waals surface area contributed by atoms with Crippen LogP contribution in [-0.4, -0.2) is 34.2 Å². The highest BCUT2D eigenvalue weighted by atomic mass is 16.4. The second kappa shape index (κ2) is 5.88. The number of benzene rings is 1. The van der Waals surface area contributed by atoms with Crippen LogP contribution >= 0.6 is 0 Å². The molecule has 0 fully saturated rings. The molecule has 114 valence electrons. The first kappa shape index (κ1) is 14.1. The second-order valence-corrected chi connectivity index (χ2v) is 5.07. The fraction of sp³-hybridized carbons (Fsp3) is 0.267. The van der Waals surface area contributed by atoms with E-state index < -0.39 is 5.97 Å². The van der Waals surface area contributed by atoms with E-state index in [1.165, 1.54) is 0 Å². The first-order chi connectivity index (χ1) is 10.7. The van der Waals surface area contributed by atoms with Gasteiger partial charge in [0, 0.05) is 24.7 Å². The van der Waals surface area contributed by atoms with Gasteiger partial charge in [0.2, 0.25) is 6.29 Å². The van der Waals surface area contributed by atoms with Gasteiger partial charge in [-0.3, -0.25) is 4.79 Å². The Hall–Kier alpha value is -2.83. The van der Waals surface area contributed by atoms with E-state index in [1.807, 2.05) is 42.3 Å². The summed E-state index contributed by atoms with van der Waals surface area (Å²) in [7, 11) is 1.95. The molecule has 1 aromatic heterocycles. The number of nitrogens with one attached hydrogen (secondary N) is 1. The summed E-state index contributed by atoms with van der Waals surface area (Å²) in [5.74, 6) is -0.0218. The summed E-state index contributed by atoms with van der Waals surface area (Å²) in [6, 6.07) is 9.92. The zero-order valence-corrected chi connectivity index (χ0v) is 12.2. The van der Waals surface area contributed by atoms with E-state index in [0.717, 1.165) is 17.1 Å². The molecule has 2 heterocycles. The van der Waals surface area contributed by atoms with E-state index >= 15 is 0 Å². The van der Waals surface area contributed by atoms with Crippen molar-refractivity contribution in [2.45, 2.75) is 19.1 Å². The van der Waals surface area contributed by atoms with Crippen molar-refractivity contribution >= 4 is 23.8 Å². The van der Waals surface area contributed by atoms with Crippen LogP contribution in [0.5, 0.6) is 0 Å². The Morgan fingerprint density at radius 1 is 1.41 bits per heavy atom. The molecule has 7 nitrogen and oxygen atoms in total. The number of aryl methyl sites for hydroxylation is 1. The highest BCUT2D eigenvalue weighted by Gasteiger charge is 2.24. The van der Waals surface area contributed by atoms with E-state index in [2.05, 4.69) is 15.4 Å². The molecule has 7 heteroatoms. The number of aliphatic imine (C=N–C) groups is 1. The lowest BCUT2D eigenvalue weighted by Crippen LogP contribution is -2.32. The van der Waals surface area contributed by atoms with Gasteiger partial charge in [-0.1, -0.05) is 18.2 Å². The van der Waals surface area contributed by atoms with Crippen LogP contribution in [0, 0.1) is 0 Å². The number of rotatable bonds is 5. The van der Waals surface area contributed by atoms with Gasteiger partial charge in [0.1, 0.15) is 5.82 Å². The third-order valence-electron chi connectivity index (χ3n) is 3.62. The molecule has 0 aliphatic carbocycles. The van der Waals surface area contributed by atoms with E-state index in [-0.39, 0.29) is 12.7 Å². The summed E-state index contributed by atoms with van der Waals surface area (Å²) in [5.41, 5.74) is 1.90. The quantitative estimate of drug-likeness (QED) is 0.881. The predicted molar refractivity (Wildman–Crippen MR) is 84.2 cm³/mol. The number of anilines is 2. The van der Waals surface area contributed by atoms with Gasteiger partial charge in [0.05, 0.1) is 12.5 Å². The van der Waals surface area contributed by atoms with Gasteiger partial charge in [-0.25, -0.2) is 9.67 Å². The van der Waals surface area contributed by atoms with Crippen molar-refractivity contribution in [1.82, 2.24) is 9.78 Å². The average molecular weight is 299 g/mol. The third-order valence-corrected chi connectivity index (χ3v) is 3.62. The minimum atomic E-state index is -0.817. The van der Waals surface area contributed by atoms with Crippen LogP contribution in [0.15, 0.2) is 41.5 Å². The Kier molecular flexibility index (Phi) is 3.78. The summed E-state index contributed by atoms with van der Waals surface area (Å²) in [4.78, 5) is 17.2. The average Bonchev–Trinajstić information content (AvgIpc) is 2.96. The van der Waals surface area contributed by atoms with E-state index in [1.54, 1.807) is 17.2 Å². The van der Waals surface area contributed by atoms with Gasteiger partial charge >= 0.3 is 5.97 Å². The van der Waals surface area contributed by atoms with Crippen LogP contribution in [0.1, 0.15) is 18.3 Å². The summed E-state index contributed by atoms with van der Waals surface area (Å²) >= 11 is 0. The van der Waals surface area contributed by atoms with E-state index in [4.69, 9.17) is 5.11 Å². The molecule has 1 aliphatic rings.